The number of benzene rings is 1. The average Bonchev–Trinajstić information content (AvgIpc) is 2.52. The number of ketones is 1. The Kier molecular flexibility index (Phi) is 5.30. The van der Waals surface area contributed by atoms with Crippen molar-refractivity contribution in [1.82, 2.24) is 4.98 Å². The lowest BCUT2D eigenvalue weighted by Crippen LogP contribution is -2.21. The van der Waals surface area contributed by atoms with E-state index in [1.165, 1.54) is 14.0 Å². The molecule has 1 aromatic heterocycles. The van der Waals surface area contributed by atoms with Crippen LogP contribution in [0.15, 0.2) is 36.4 Å². The zero-order valence-corrected chi connectivity index (χ0v) is 13.3. The van der Waals surface area contributed by atoms with Gasteiger partial charge >= 0.3 is 0 Å². The summed E-state index contributed by atoms with van der Waals surface area (Å²) in [6.45, 7) is 3.12. The summed E-state index contributed by atoms with van der Waals surface area (Å²) in [7, 11) is 1.48. The fourth-order valence-corrected chi connectivity index (χ4v) is 1.94. The van der Waals surface area contributed by atoms with Gasteiger partial charge in [-0.3, -0.25) is 9.59 Å². The lowest BCUT2D eigenvalue weighted by Gasteiger charge is -2.11. The molecule has 1 heterocycles. The highest BCUT2D eigenvalue weighted by Crippen LogP contribution is 2.28. The molecule has 1 N–H and O–H groups in total. The minimum atomic E-state index is -0.333. The number of carbonyl (C=O) groups excluding carboxylic acids is 2. The topological polar surface area (TPSA) is 77.5 Å². The van der Waals surface area contributed by atoms with Crippen LogP contribution in [0.2, 0.25) is 0 Å². The Labute approximate surface area is 134 Å². The molecule has 0 unspecified atom stereocenters. The second-order valence-electron chi connectivity index (χ2n) is 4.92. The average molecular weight is 314 g/mol. The Morgan fingerprint density at radius 2 is 1.96 bits per heavy atom. The van der Waals surface area contributed by atoms with Crippen LogP contribution in [0.1, 0.15) is 23.0 Å². The molecule has 23 heavy (non-hydrogen) atoms. The molecule has 0 saturated carbocycles. The van der Waals surface area contributed by atoms with E-state index in [0.29, 0.717) is 22.9 Å². The summed E-state index contributed by atoms with van der Waals surface area (Å²) in [5.74, 6) is 0.862. The molecule has 120 valence electrons. The van der Waals surface area contributed by atoms with Gasteiger partial charge in [0.15, 0.2) is 23.9 Å². The molecule has 2 aromatic rings. The Morgan fingerprint density at radius 1 is 1.17 bits per heavy atom. The third-order valence-corrected chi connectivity index (χ3v) is 3.08. The van der Waals surface area contributed by atoms with Crippen molar-refractivity contribution in [2.24, 2.45) is 0 Å². The van der Waals surface area contributed by atoms with Gasteiger partial charge in [-0.25, -0.2) is 4.98 Å². The van der Waals surface area contributed by atoms with Crippen molar-refractivity contribution in [2.45, 2.75) is 13.8 Å². The molecule has 0 bridgehead atoms. The Morgan fingerprint density at radius 3 is 2.61 bits per heavy atom. The molecule has 0 spiro atoms. The van der Waals surface area contributed by atoms with Crippen LogP contribution in [0.4, 0.5) is 5.82 Å². The van der Waals surface area contributed by atoms with Crippen LogP contribution in [0.25, 0.3) is 0 Å². The second kappa shape index (κ2) is 7.40. The van der Waals surface area contributed by atoms with Crippen molar-refractivity contribution in [3.63, 3.8) is 0 Å². The lowest BCUT2D eigenvalue weighted by molar-refractivity contribution is -0.118. The predicted molar refractivity (Wildman–Crippen MR) is 86.1 cm³/mol. The third kappa shape index (κ3) is 4.54. The maximum atomic E-state index is 11.9. The number of amides is 1. The number of nitrogens with one attached hydrogen (secondary N) is 1. The van der Waals surface area contributed by atoms with Crippen LogP contribution < -0.4 is 14.8 Å². The number of pyridine rings is 1. The standard InChI is InChI=1S/C17H18N2O4/c1-11-5-4-6-16(18-11)19-17(21)10-23-14-8-7-13(12(2)20)9-15(14)22-3/h4-9H,10H2,1-3H3,(H,18,19,21). The first-order chi connectivity index (χ1) is 11.0. The maximum Gasteiger partial charge on any atom is 0.263 e. The molecule has 0 saturated heterocycles. The van der Waals surface area contributed by atoms with Gasteiger partial charge in [0.1, 0.15) is 5.82 Å². The van der Waals surface area contributed by atoms with Crippen molar-refractivity contribution < 1.29 is 19.1 Å². The van der Waals surface area contributed by atoms with E-state index in [1.807, 2.05) is 19.1 Å². The molecule has 2 rings (SSSR count). The quantitative estimate of drug-likeness (QED) is 0.829. The van der Waals surface area contributed by atoms with Gasteiger partial charge in [-0.1, -0.05) is 6.07 Å². The van der Waals surface area contributed by atoms with Crippen molar-refractivity contribution in [1.29, 1.82) is 0 Å². The maximum absolute atomic E-state index is 11.9. The Bertz CT molecular complexity index is 728. The minimum Gasteiger partial charge on any atom is -0.493 e. The summed E-state index contributed by atoms with van der Waals surface area (Å²) in [4.78, 5) is 27.4. The van der Waals surface area contributed by atoms with E-state index < -0.39 is 0 Å². The minimum absolute atomic E-state index is 0.0712. The number of carbonyl (C=O) groups is 2. The number of hydrogen-bond donors (Lipinski definition) is 1. The molecular formula is C17H18N2O4. The monoisotopic (exact) mass is 314 g/mol. The highest BCUT2D eigenvalue weighted by atomic mass is 16.5. The Hall–Kier alpha value is -2.89. The molecular weight excluding hydrogens is 296 g/mol. The number of hydrogen-bond acceptors (Lipinski definition) is 5. The van der Waals surface area contributed by atoms with Crippen molar-refractivity contribution in [3.8, 4) is 11.5 Å². The zero-order chi connectivity index (χ0) is 16.8. The number of ether oxygens (including phenoxy) is 2. The molecule has 0 radical (unpaired) electrons. The molecule has 0 aliphatic rings. The first-order valence-corrected chi connectivity index (χ1v) is 7.05. The Balaban J connectivity index is 2.00. The zero-order valence-electron chi connectivity index (χ0n) is 13.3. The highest BCUT2D eigenvalue weighted by molar-refractivity contribution is 5.94. The molecule has 0 aliphatic heterocycles. The summed E-state index contributed by atoms with van der Waals surface area (Å²) in [5.41, 5.74) is 1.33. The largest absolute Gasteiger partial charge is 0.493 e. The van der Waals surface area contributed by atoms with E-state index in [-0.39, 0.29) is 18.3 Å². The number of methoxy groups -OCH3 is 1. The van der Waals surface area contributed by atoms with Crippen molar-refractivity contribution in [3.05, 3.63) is 47.7 Å². The third-order valence-electron chi connectivity index (χ3n) is 3.08. The summed E-state index contributed by atoms with van der Waals surface area (Å²) < 4.78 is 10.6. The molecule has 1 aromatic carbocycles. The fourth-order valence-electron chi connectivity index (χ4n) is 1.94. The fraction of sp³-hybridized carbons (Fsp3) is 0.235. The first-order valence-electron chi connectivity index (χ1n) is 7.05. The predicted octanol–water partition coefficient (Wildman–Crippen LogP) is 2.62. The smallest absolute Gasteiger partial charge is 0.263 e. The van der Waals surface area contributed by atoms with Crippen LogP contribution in [0.5, 0.6) is 11.5 Å². The number of Topliss-reactive ketones (excluding diaryl/α,β-unsaturated/α-hetero) is 1. The summed E-state index contributed by atoms with van der Waals surface area (Å²) in [6, 6.07) is 10.2. The molecule has 0 fully saturated rings. The highest BCUT2D eigenvalue weighted by Gasteiger charge is 2.11. The van der Waals surface area contributed by atoms with E-state index in [4.69, 9.17) is 9.47 Å². The molecule has 1 amide bonds. The summed E-state index contributed by atoms with van der Waals surface area (Å²) >= 11 is 0. The SMILES string of the molecule is COc1cc(C(C)=O)ccc1OCC(=O)Nc1cccc(C)n1. The number of anilines is 1. The van der Waals surface area contributed by atoms with Crippen LogP contribution in [0.3, 0.4) is 0 Å². The van der Waals surface area contributed by atoms with Gasteiger partial charge in [-0.2, -0.15) is 0 Å². The number of aryl methyl sites for hydroxylation is 1. The number of rotatable bonds is 6. The van der Waals surface area contributed by atoms with Crippen LogP contribution in [-0.4, -0.2) is 30.4 Å². The van der Waals surface area contributed by atoms with Crippen molar-refractivity contribution in [2.75, 3.05) is 19.0 Å². The molecule has 0 atom stereocenters. The van der Waals surface area contributed by atoms with Crippen LogP contribution in [0, 0.1) is 6.92 Å². The van der Waals surface area contributed by atoms with Gasteiger partial charge in [0, 0.05) is 11.3 Å². The summed E-state index contributed by atoms with van der Waals surface area (Å²) in [6.07, 6.45) is 0. The summed E-state index contributed by atoms with van der Waals surface area (Å²) in [5, 5.41) is 2.65. The van der Waals surface area contributed by atoms with Crippen LogP contribution >= 0.6 is 0 Å². The normalized spacial score (nSPS) is 10.0. The van der Waals surface area contributed by atoms with Crippen molar-refractivity contribution >= 4 is 17.5 Å². The molecule has 0 aliphatic carbocycles. The number of aromatic nitrogens is 1. The molecule has 6 heteroatoms. The van der Waals surface area contributed by atoms with E-state index in [2.05, 4.69) is 10.3 Å². The van der Waals surface area contributed by atoms with Crippen LogP contribution in [-0.2, 0) is 4.79 Å². The molecule has 6 nitrogen and oxygen atoms in total. The van der Waals surface area contributed by atoms with Gasteiger partial charge in [0.2, 0.25) is 0 Å². The van der Waals surface area contributed by atoms with E-state index in [9.17, 15) is 9.59 Å². The lowest BCUT2D eigenvalue weighted by atomic mass is 10.1. The van der Waals surface area contributed by atoms with Gasteiger partial charge in [0.25, 0.3) is 5.91 Å². The van der Waals surface area contributed by atoms with Gasteiger partial charge in [-0.15, -0.1) is 0 Å². The first kappa shape index (κ1) is 16.5. The van der Waals surface area contributed by atoms with E-state index >= 15 is 0 Å². The van der Waals surface area contributed by atoms with Gasteiger partial charge in [0.05, 0.1) is 7.11 Å². The number of nitrogens with zero attached hydrogens (tertiary/aromatic N) is 1. The van der Waals surface area contributed by atoms with Gasteiger partial charge in [-0.05, 0) is 44.2 Å². The van der Waals surface area contributed by atoms with E-state index in [0.717, 1.165) is 5.69 Å². The van der Waals surface area contributed by atoms with Gasteiger partial charge < -0.3 is 14.8 Å². The van der Waals surface area contributed by atoms with E-state index in [1.54, 1.807) is 24.3 Å². The second-order valence-corrected chi connectivity index (χ2v) is 4.92.